The molecular weight excluding hydrogens is 354 g/mol. The fourth-order valence-electron chi connectivity index (χ4n) is 3.63. The number of hydrogen-bond donors (Lipinski definition) is 0. The molecule has 0 saturated carbocycles. The molecule has 3 heterocycles. The molecule has 0 aliphatic carbocycles. The van der Waals surface area contributed by atoms with Crippen molar-refractivity contribution in [1.82, 2.24) is 14.1 Å². The maximum atomic E-state index is 13.4. The summed E-state index contributed by atoms with van der Waals surface area (Å²) in [5.41, 5.74) is 0.940. The fraction of sp³-hybridized carbons (Fsp3) is 0.500. The van der Waals surface area contributed by atoms with E-state index in [0.29, 0.717) is 31.3 Å². The third-order valence-corrected chi connectivity index (χ3v) is 6.84. The van der Waals surface area contributed by atoms with Gasteiger partial charge >= 0.3 is 0 Å². The van der Waals surface area contributed by atoms with E-state index in [2.05, 4.69) is 5.10 Å². The summed E-state index contributed by atoms with van der Waals surface area (Å²) in [6.45, 7) is 1.42. The van der Waals surface area contributed by atoms with Crippen LogP contribution in [-0.4, -0.2) is 42.3 Å². The summed E-state index contributed by atoms with van der Waals surface area (Å²) < 4.78 is 41.3. The van der Waals surface area contributed by atoms with E-state index in [9.17, 15) is 8.42 Å². The maximum absolute atomic E-state index is 13.4. The van der Waals surface area contributed by atoms with Crippen molar-refractivity contribution in [2.24, 2.45) is 7.05 Å². The number of nitrogens with zero attached hydrogens (tertiary/aromatic N) is 3. The van der Waals surface area contributed by atoms with E-state index >= 15 is 0 Å². The average Bonchev–Trinajstić information content (AvgIpc) is 2.92. The van der Waals surface area contributed by atoms with E-state index in [1.54, 1.807) is 33.4 Å². The Morgan fingerprint density at radius 2 is 1.92 bits per heavy atom. The van der Waals surface area contributed by atoms with Crippen LogP contribution >= 0.6 is 0 Å². The molecule has 0 N–H and O–H groups in total. The summed E-state index contributed by atoms with van der Waals surface area (Å²) in [6.07, 6.45) is 7.37. The second-order valence-electron chi connectivity index (χ2n) is 6.73. The van der Waals surface area contributed by atoms with Gasteiger partial charge in [-0.1, -0.05) is 12.8 Å². The van der Waals surface area contributed by atoms with Crippen LogP contribution in [0.15, 0.2) is 35.5 Å². The summed E-state index contributed by atoms with van der Waals surface area (Å²) >= 11 is 0. The predicted molar refractivity (Wildman–Crippen MR) is 95.7 cm³/mol. The van der Waals surface area contributed by atoms with Crippen molar-refractivity contribution in [3.05, 3.63) is 36.2 Å². The first-order valence-electron chi connectivity index (χ1n) is 8.96. The smallest absolute Gasteiger partial charge is 0.243 e. The van der Waals surface area contributed by atoms with Gasteiger partial charge in [0.25, 0.3) is 0 Å². The van der Waals surface area contributed by atoms with Crippen molar-refractivity contribution in [2.75, 3.05) is 19.8 Å². The van der Waals surface area contributed by atoms with Gasteiger partial charge in [0.05, 0.1) is 17.1 Å². The highest BCUT2D eigenvalue weighted by molar-refractivity contribution is 7.89. The largest absolute Gasteiger partial charge is 0.486 e. The molecule has 0 radical (unpaired) electrons. The minimum Gasteiger partial charge on any atom is -0.486 e. The summed E-state index contributed by atoms with van der Waals surface area (Å²) in [5, 5.41) is 4.23. The molecule has 1 fully saturated rings. The van der Waals surface area contributed by atoms with Gasteiger partial charge in [0.2, 0.25) is 10.0 Å². The number of aryl methyl sites for hydroxylation is 1. The van der Waals surface area contributed by atoms with Gasteiger partial charge < -0.3 is 9.47 Å². The topological polar surface area (TPSA) is 73.7 Å². The van der Waals surface area contributed by atoms with Crippen LogP contribution in [-0.2, 0) is 17.1 Å². The Morgan fingerprint density at radius 1 is 1.12 bits per heavy atom. The molecule has 1 atom stereocenters. The molecule has 1 unspecified atom stereocenters. The van der Waals surface area contributed by atoms with Crippen molar-refractivity contribution in [1.29, 1.82) is 0 Å². The lowest BCUT2D eigenvalue weighted by molar-refractivity contribution is 0.171. The van der Waals surface area contributed by atoms with Crippen molar-refractivity contribution < 1.29 is 17.9 Å². The highest BCUT2D eigenvalue weighted by atomic mass is 32.2. The Morgan fingerprint density at radius 3 is 2.69 bits per heavy atom. The molecule has 8 heteroatoms. The van der Waals surface area contributed by atoms with E-state index in [1.165, 1.54) is 0 Å². The number of sulfonamides is 1. The molecule has 0 amide bonds. The minimum atomic E-state index is -3.65. The normalized spacial score (nSPS) is 21.3. The van der Waals surface area contributed by atoms with Gasteiger partial charge in [-0.05, 0) is 25.0 Å². The number of fused-ring (bicyclic) bond motifs is 1. The lowest BCUT2D eigenvalue weighted by atomic mass is 10.1. The van der Waals surface area contributed by atoms with E-state index in [0.717, 1.165) is 31.2 Å². The van der Waals surface area contributed by atoms with E-state index in [-0.39, 0.29) is 10.9 Å². The lowest BCUT2D eigenvalue weighted by Gasteiger charge is -2.29. The van der Waals surface area contributed by atoms with Crippen molar-refractivity contribution in [2.45, 2.75) is 36.6 Å². The standard InChI is InChI=1S/C18H23N3O4S/c1-20-13-14(12-19-20)16-5-3-2-4-8-21(16)26(22,23)15-6-7-17-18(11-15)25-10-9-24-17/h6-7,11-13,16H,2-5,8-10H2,1H3. The van der Waals surface area contributed by atoms with Gasteiger partial charge in [0, 0.05) is 31.4 Å². The third-order valence-electron chi connectivity index (χ3n) is 4.93. The molecule has 140 valence electrons. The molecule has 0 bridgehead atoms. The first-order chi connectivity index (χ1) is 12.6. The van der Waals surface area contributed by atoms with Crippen LogP contribution in [0.1, 0.15) is 37.3 Å². The average molecular weight is 377 g/mol. The van der Waals surface area contributed by atoms with Gasteiger partial charge in [0.15, 0.2) is 11.5 Å². The molecular formula is C18H23N3O4S. The zero-order valence-corrected chi connectivity index (χ0v) is 15.6. The van der Waals surface area contributed by atoms with Gasteiger partial charge in [0.1, 0.15) is 13.2 Å². The molecule has 1 aromatic heterocycles. The highest BCUT2D eigenvalue weighted by Gasteiger charge is 2.34. The number of rotatable bonds is 3. The van der Waals surface area contributed by atoms with Crippen molar-refractivity contribution >= 4 is 10.0 Å². The Hall–Kier alpha value is -2.06. The van der Waals surface area contributed by atoms with Gasteiger partial charge in [-0.2, -0.15) is 9.40 Å². The quantitative estimate of drug-likeness (QED) is 0.822. The zero-order chi connectivity index (χ0) is 18.1. The van der Waals surface area contributed by atoms with Crippen LogP contribution in [0.2, 0.25) is 0 Å². The summed E-state index contributed by atoms with van der Waals surface area (Å²) in [7, 11) is -1.80. The number of ether oxygens (including phenoxy) is 2. The molecule has 7 nitrogen and oxygen atoms in total. The molecule has 2 aliphatic rings. The minimum absolute atomic E-state index is 0.190. The summed E-state index contributed by atoms with van der Waals surface area (Å²) in [5.74, 6) is 1.08. The lowest BCUT2D eigenvalue weighted by Crippen LogP contribution is -2.34. The molecule has 0 spiro atoms. The second-order valence-corrected chi connectivity index (χ2v) is 8.62. The second kappa shape index (κ2) is 6.92. The number of hydrogen-bond acceptors (Lipinski definition) is 5. The fourth-order valence-corrected chi connectivity index (χ4v) is 5.33. The molecule has 2 aliphatic heterocycles. The van der Waals surface area contributed by atoms with E-state index in [4.69, 9.17) is 9.47 Å². The maximum Gasteiger partial charge on any atom is 0.243 e. The monoisotopic (exact) mass is 377 g/mol. The van der Waals surface area contributed by atoms with Crippen molar-refractivity contribution in [3.8, 4) is 11.5 Å². The first kappa shape index (κ1) is 17.4. The number of aromatic nitrogens is 2. The van der Waals surface area contributed by atoms with Gasteiger partial charge in [-0.3, -0.25) is 4.68 Å². The summed E-state index contributed by atoms with van der Waals surface area (Å²) in [6, 6.07) is 4.67. The Balaban J connectivity index is 1.72. The molecule has 1 saturated heterocycles. The highest BCUT2D eigenvalue weighted by Crippen LogP contribution is 2.37. The zero-order valence-electron chi connectivity index (χ0n) is 14.8. The third kappa shape index (κ3) is 3.19. The van der Waals surface area contributed by atoms with Gasteiger partial charge in [-0.25, -0.2) is 8.42 Å². The molecule has 2 aromatic rings. The Labute approximate surface area is 153 Å². The van der Waals surface area contributed by atoms with Crippen molar-refractivity contribution in [3.63, 3.8) is 0 Å². The van der Waals surface area contributed by atoms with Crippen LogP contribution in [0.3, 0.4) is 0 Å². The molecule has 4 rings (SSSR count). The summed E-state index contributed by atoms with van der Waals surface area (Å²) in [4.78, 5) is 0.248. The number of benzene rings is 1. The van der Waals surface area contributed by atoms with Crippen LogP contribution in [0, 0.1) is 0 Å². The van der Waals surface area contributed by atoms with Crippen LogP contribution < -0.4 is 9.47 Å². The predicted octanol–water partition coefficient (Wildman–Crippen LogP) is 2.50. The van der Waals surface area contributed by atoms with Crippen LogP contribution in [0.4, 0.5) is 0 Å². The van der Waals surface area contributed by atoms with Crippen LogP contribution in [0.25, 0.3) is 0 Å². The van der Waals surface area contributed by atoms with Crippen LogP contribution in [0.5, 0.6) is 11.5 Å². The first-order valence-corrected chi connectivity index (χ1v) is 10.4. The molecule has 1 aromatic carbocycles. The Kier molecular flexibility index (Phi) is 4.62. The Bertz CT molecular complexity index is 894. The van der Waals surface area contributed by atoms with E-state index in [1.807, 2.05) is 13.2 Å². The van der Waals surface area contributed by atoms with E-state index < -0.39 is 10.0 Å². The SMILES string of the molecule is Cn1cc(C2CCCCCN2S(=O)(=O)c2ccc3c(c2)OCCO3)cn1. The molecule has 26 heavy (non-hydrogen) atoms. The van der Waals surface area contributed by atoms with Gasteiger partial charge in [-0.15, -0.1) is 0 Å².